The summed E-state index contributed by atoms with van der Waals surface area (Å²) in [4.78, 5) is 16.5. The molecular weight excluding hydrogens is 260 g/mol. The van der Waals surface area contributed by atoms with E-state index in [4.69, 9.17) is 5.11 Å². The van der Waals surface area contributed by atoms with Gasteiger partial charge in [0.15, 0.2) is 0 Å². The molecule has 102 valence electrons. The molecule has 0 spiro atoms. The van der Waals surface area contributed by atoms with E-state index in [0.717, 1.165) is 16.3 Å². The molecule has 2 N–H and O–H groups in total. The van der Waals surface area contributed by atoms with Crippen LogP contribution < -0.4 is 5.32 Å². The van der Waals surface area contributed by atoms with E-state index in [1.165, 1.54) is 0 Å². The average molecular weight is 278 g/mol. The highest BCUT2D eigenvalue weighted by atomic mass is 32.1. The van der Waals surface area contributed by atoms with Crippen LogP contribution in [0.25, 0.3) is 5.57 Å². The van der Waals surface area contributed by atoms with E-state index in [-0.39, 0.29) is 12.5 Å². The van der Waals surface area contributed by atoms with Gasteiger partial charge >= 0.3 is 0 Å². The molecule has 1 aliphatic carbocycles. The summed E-state index contributed by atoms with van der Waals surface area (Å²) in [5.41, 5.74) is 2.03. The van der Waals surface area contributed by atoms with Gasteiger partial charge in [-0.25, -0.2) is 4.98 Å². The zero-order valence-corrected chi connectivity index (χ0v) is 12.2. The van der Waals surface area contributed by atoms with E-state index in [1.54, 1.807) is 25.2 Å². The van der Waals surface area contributed by atoms with Crippen LogP contribution in [-0.4, -0.2) is 28.1 Å². The molecule has 1 aromatic heterocycles. The van der Waals surface area contributed by atoms with Crippen LogP contribution in [0.3, 0.4) is 0 Å². The molecule has 2 rings (SSSR count). The monoisotopic (exact) mass is 278 g/mol. The lowest BCUT2D eigenvalue weighted by Gasteiger charge is -2.23. The fraction of sp³-hybridized carbons (Fsp3) is 0.429. The third kappa shape index (κ3) is 3.30. The molecular formula is C14H18N2O2S. The number of aromatic nitrogens is 1. The van der Waals surface area contributed by atoms with Gasteiger partial charge in [-0.2, -0.15) is 0 Å². The summed E-state index contributed by atoms with van der Waals surface area (Å²) in [5.74, 6) is -0.128. The Morgan fingerprint density at radius 1 is 1.58 bits per heavy atom. The number of hydrogen-bond acceptors (Lipinski definition) is 4. The number of carbonyl (C=O) groups excluding carboxylic acids is 1. The molecule has 4 nitrogen and oxygen atoms in total. The first kappa shape index (κ1) is 14.0. The number of aliphatic hydroxyl groups excluding tert-OH is 1. The van der Waals surface area contributed by atoms with Gasteiger partial charge in [-0.3, -0.25) is 4.79 Å². The summed E-state index contributed by atoms with van der Waals surface area (Å²) in [6.45, 7) is 5.46. The number of allylic oxidation sites excluding steroid dienone is 3. The molecule has 1 amide bonds. The third-order valence-electron chi connectivity index (χ3n) is 2.93. The van der Waals surface area contributed by atoms with Crippen molar-refractivity contribution in [2.24, 2.45) is 0 Å². The third-order valence-corrected chi connectivity index (χ3v) is 3.70. The van der Waals surface area contributed by atoms with Crippen molar-refractivity contribution < 1.29 is 9.90 Å². The summed E-state index contributed by atoms with van der Waals surface area (Å²) < 4.78 is 0. The number of nitrogens with zero attached hydrogens (tertiary/aromatic N) is 1. The van der Waals surface area contributed by atoms with E-state index < -0.39 is 5.54 Å². The Bertz CT molecular complexity index is 556. The molecule has 0 saturated heterocycles. The highest BCUT2D eigenvalue weighted by molar-refractivity contribution is 7.09. The number of amides is 1. The van der Waals surface area contributed by atoms with Gasteiger partial charge < -0.3 is 10.4 Å². The second-order valence-electron chi connectivity index (χ2n) is 5.28. The minimum absolute atomic E-state index is 0.0857. The molecule has 0 fully saturated rings. The van der Waals surface area contributed by atoms with Gasteiger partial charge in [0.05, 0.1) is 22.8 Å². The van der Waals surface area contributed by atoms with Gasteiger partial charge in [-0.15, -0.1) is 11.3 Å². The van der Waals surface area contributed by atoms with E-state index in [9.17, 15) is 4.79 Å². The summed E-state index contributed by atoms with van der Waals surface area (Å²) in [5, 5.41) is 15.0. The van der Waals surface area contributed by atoms with Gasteiger partial charge in [0.2, 0.25) is 5.91 Å². The fourth-order valence-corrected chi connectivity index (χ4v) is 2.41. The zero-order valence-electron chi connectivity index (χ0n) is 11.4. The first-order valence-electron chi connectivity index (χ1n) is 6.18. The van der Waals surface area contributed by atoms with Crippen molar-refractivity contribution in [3.63, 3.8) is 0 Å². The lowest BCUT2D eigenvalue weighted by molar-refractivity contribution is -0.119. The lowest BCUT2D eigenvalue weighted by Crippen LogP contribution is -2.46. The van der Waals surface area contributed by atoms with Crippen molar-refractivity contribution in [1.29, 1.82) is 0 Å². The number of thiazole rings is 1. The first-order chi connectivity index (χ1) is 8.91. The topological polar surface area (TPSA) is 62.2 Å². The Balaban J connectivity index is 2.07. The number of nitrogens with one attached hydrogen (secondary N) is 1. The SMILES string of the molecule is Cc1nc(C2=CCC(C(=O)NC(C)(C)CO)=C2)cs1. The number of aliphatic hydroxyl groups is 1. The fourth-order valence-electron chi connectivity index (χ4n) is 1.79. The van der Waals surface area contributed by atoms with Crippen molar-refractivity contribution in [3.8, 4) is 0 Å². The summed E-state index contributed by atoms with van der Waals surface area (Å²) in [6, 6.07) is 0. The minimum atomic E-state index is -0.599. The second-order valence-corrected chi connectivity index (χ2v) is 6.34. The Labute approximate surface area is 116 Å². The van der Waals surface area contributed by atoms with Crippen molar-refractivity contribution in [3.05, 3.63) is 33.8 Å². The molecule has 5 heteroatoms. The lowest BCUT2D eigenvalue weighted by atomic mass is 10.1. The maximum Gasteiger partial charge on any atom is 0.248 e. The van der Waals surface area contributed by atoms with Gasteiger partial charge in [-0.05, 0) is 38.8 Å². The van der Waals surface area contributed by atoms with Crippen LogP contribution in [0.1, 0.15) is 31.0 Å². The predicted molar refractivity (Wildman–Crippen MR) is 76.8 cm³/mol. The molecule has 1 aromatic rings. The van der Waals surface area contributed by atoms with E-state index >= 15 is 0 Å². The average Bonchev–Trinajstić information content (AvgIpc) is 2.96. The minimum Gasteiger partial charge on any atom is -0.394 e. The summed E-state index contributed by atoms with van der Waals surface area (Å²) in [7, 11) is 0. The van der Waals surface area contributed by atoms with Crippen LogP contribution in [-0.2, 0) is 4.79 Å². The summed E-state index contributed by atoms with van der Waals surface area (Å²) in [6.07, 6.45) is 4.49. The molecule has 0 atom stereocenters. The number of aryl methyl sites for hydroxylation is 1. The smallest absolute Gasteiger partial charge is 0.248 e. The van der Waals surface area contributed by atoms with E-state index in [1.807, 2.05) is 24.5 Å². The molecule has 0 aromatic carbocycles. The Morgan fingerprint density at radius 2 is 2.32 bits per heavy atom. The van der Waals surface area contributed by atoms with Gasteiger partial charge in [-0.1, -0.05) is 6.08 Å². The predicted octanol–water partition coefficient (Wildman–Crippen LogP) is 2.05. The van der Waals surface area contributed by atoms with Crippen LogP contribution in [0.15, 0.2) is 23.1 Å². The second kappa shape index (κ2) is 5.27. The van der Waals surface area contributed by atoms with Crippen molar-refractivity contribution in [2.45, 2.75) is 32.7 Å². The van der Waals surface area contributed by atoms with E-state index in [2.05, 4.69) is 10.3 Å². The highest BCUT2D eigenvalue weighted by Gasteiger charge is 2.23. The molecule has 1 aliphatic rings. The molecule has 0 radical (unpaired) electrons. The largest absolute Gasteiger partial charge is 0.394 e. The van der Waals surface area contributed by atoms with Crippen LogP contribution in [0.2, 0.25) is 0 Å². The molecule has 0 unspecified atom stereocenters. The Kier molecular flexibility index (Phi) is 3.87. The zero-order chi connectivity index (χ0) is 14.0. The first-order valence-corrected chi connectivity index (χ1v) is 7.06. The van der Waals surface area contributed by atoms with Crippen molar-refractivity contribution in [1.82, 2.24) is 10.3 Å². The summed E-state index contributed by atoms with van der Waals surface area (Å²) >= 11 is 1.60. The number of hydrogen-bond donors (Lipinski definition) is 2. The Morgan fingerprint density at radius 3 is 2.89 bits per heavy atom. The van der Waals surface area contributed by atoms with Crippen LogP contribution in [0.4, 0.5) is 0 Å². The molecule has 0 bridgehead atoms. The van der Waals surface area contributed by atoms with Crippen molar-refractivity contribution >= 4 is 22.8 Å². The highest BCUT2D eigenvalue weighted by Crippen LogP contribution is 2.27. The number of carbonyl (C=O) groups is 1. The standard InChI is InChI=1S/C14H18N2O2S/c1-9-15-12(7-19-9)10-4-5-11(6-10)13(18)16-14(2,3)8-17/h4,6-7,17H,5,8H2,1-3H3,(H,16,18). The maximum absolute atomic E-state index is 12.1. The molecule has 19 heavy (non-hydrogen) atoms. The van der Waals surface area contributed by atoms with Crippen molar-refractivity contribution in [2.75, 3.05) is 6.61 Å². The van der Waals surface area contributed by atoms with Gasteiger partial charge in [0.25, 0.3) is 0 Å². The van der Waals surface area contributed by atoms with Gasteiger partial charge in [0, 0.05) is 11.0 Å². The Hall–Kier alpha value is -1.46. The van der Waals surface area contributed by atoms with Crippen LogP contribution in [0, 0.1) is 6.92 Å². The maximum atomic E-state index is 12.1. The number of rotatable bonds is 4. The quantitative estimate of drug-likeness (QED) is 0.886. The van der Waals surface area contributed by atoms with Gasteiger partial charge in [0.1, 0.15) is 0 Å². The van der Waals surface area contributed by atoms with Crippen LogP contribution in [0.5, 0.6) is 0 Å². The molecule has 0 aliphatic heterocycles. The normalized spacial score (nSPS) is 15.2. The molecule has 0 saturated carbocycles. The molecule has 1 heterocycles. The van der Waals surface area contributed by atoms with E-state index in [0.29, 0.717) is 12.0 Å². The van der Waals surface area contributed by atoms with Crippen LogP contribution >= 0.6 is 11.3 Å².